The lowest BCUT2D eigenvalue weighted by atomic mass is 10.2. The first-order valence-electron chi connectivity index (χ1n) is 6.70. The van der Waals surface area contributed by atoms with Crippen molar-refractivity contribution in [1.82, 2.24) is 5.32 Å². The summed E-state index contributed by atoms with van der Waals surface area (Å²) in [5.41, 5.74) is 0.347. The van der Waals surface area contributed by atoms with E-state index in [1.165, 1.54) is 13.1 Å². The number of amides is 3. The molecule has 0 aliphatic carbocycles. The number of hydrogen-bond acceptors (Lipinski definition) is 4. The summed E-state index contributed by atoms with van der Waals surface area (Å²) in [6.07, 6.45) is 0. The average molecular weight is 348 g/mol. The van der Waals surface area contributed by atoms with Crippen LogP contribution in [0.5, 0.6) is 0 Å². The standard InChI is InChI=1S/C15H14N3O5S/c1-16-14(19)12-8-7-11(9-13(12)24(21,22)23)18-15(20)17-10-5-3-2-4-6-10/h2-9H,1H3,(H2,17,18,20)(H,21,22,23). The van der Waals surface area contributed by atoms with Gasteiger partial charge in [0.05, 0.1) is 5.56 Å². The van der Waals surface area contributed by atoms with Crippen LogP contribution in [-0.4, -0.2) is 32.0 Å². The van der Waals surface area contributed by atoms with Gasteiger partial charge in [-0.15, -0.1) is 0 Å². The summed E-state index contributed by atoms with van der Waals surface area (Å²) < 4.78 is 32.1. The quantitative estimate of drug-likeness (QED) is 0.728. The van der Waals surface area contributed by atoms with Crippen LogP contribution in [0.15, 0.2) is 53.4 Å². The first-order chi connectivity index (χ1) is 11.3. The van der Waals surface area contributed by atoms with E-state index >= 15 is 0 Å². The van der Waals surface area contributed by atoms with Crippen LogP contribution in [0.4, 0.5) is 16.2 Å². The van der Waals surface area contributed by atoms with Crippen LogP contribution in [0.1, 0.15) is 10.4 Å². The monoisotopic (exact) mass is 348 g/mol. The van der Waals surface area contributed by atoms with E-state index in [0.29, 0.717) is 5.69 Å². The van der Waals surface area contributed by atoms with Gasteiger partial charge in [-0.25, -0.2) is 4.79 Å². The second-order valence-electron chi connectivity index (χ2n) is 4.66. The van der Waals surface area contributed by atoms with E-state index in [1.54, 1.807) is 30.3 Å². The lowest BCUT2D eigenvalue weighted by molar-refractivity contribution is 0.0955. The second kappa shape index (κ2) is 7.11. The van der Waals surface area contributed by atoms with Crippen molar-refractivity contribution < 1.29 is 22.6 Å². The molecule has 0 unspecified atom stereocenters. The lowest BCUT2D eigenvalue weighted by Crippen LogP contribution is -2.20. The molecule has 125 valence electrons. The van der Waals surface area contributed by atoms with Gasteiger partial charge in [0, 0.05) is 18.4 Å². The van der Waals surface area contributed by atoms with Crippen molar-refractivity contribution in [3.8, 4) is 0 Å². The molecule has 0 heterocycles. The number of urea groups is 1. The predicted molar refractivity (Wildman–Crippen MR) is 87.7 cm³/mol. The summed E-state index contributed by atoms with van der Waals surface area (Å²) in [5.74, 6) is -0.803. The van der Waals surface area contributed by atoms with Gasteiger partial charge in [-0.3, -0.25) is 14.7 Å². The van der Waals surface area contributed by atoms with Crippen molar-refractivity contribution in [2.75, 3.05) is 17.7 Å². The van der Waals surface area contributed by atoms with Crippen molar-refractivity contribution in [1.29, 1.82) is 0 Å². The maximum absolute atomic E-state index is 11.9. The Morgan fingerprint density at radius 2 is 1.62 bits per heavy atom. The Hall–Kier alpha value is -2.91. The van der Waals surface area contributed by atoms with Crippen molar-refractivity contribution >= 4 is 33.4 Å². The molecule has 3 N–H and O–H groups in total. The molecule has 0 saturated heterocycles. The van der Waals surface area contributed by atoms with E-state index in [0.717, 1.165) is 12.1 Å². The molecule has 2 rings (SSSR count). The third kappa shape index (κ3) is 4.31. The van der Waals surface area contributed by atoms with Gasteiger partial charge in [-0.2, -0.15) is 8.42 Å². The fraction of sp³-hybridized carbons (Fsp3) is 0.0667. The van der Waals surface area contributed by atoms with Crippen molar-refractivity contribution in [3.63, 3.8) is 0 Å². The molecule has 9 heteroatoms. The Kier molecular flexibility index (Phi) is 5.17. The molecule has 0 fully saturated rings. The maximum Gasteiger partial charge on any atom is 0.323 e. The highest BCUT2D eigenvalue weighted by atomic mass is 32.2. The molecular formula is C15H14N3O5S. The zero-order valence-electron chi connectivity index (χ0n) is 12.6. The molecule has 2 aromatic rings. The highest BCUT2D eigenvalue weighted by Gasteiger charge is 2.21. The first-order valence-corrected chi connectivity index (χ1v) is 8.14. The number of anilines is 2. The van der Waals surface area contributed by atoms with Gasteiger partial charge < -0.3 is 10.6 Å². The topological polar surface area (TPSA) is 127 Å². The SMILES string of the molecule is C[N]C(=O)c1ccc(NC(=O)Nc2ccccc2)cc1S(=O)(=O)O. The highest BCUT2D eigenvalue weighted by Crippen LogP contribution is 2.21. The molecule has 0 saturated carbocycles. The predicted octanol–water partition coefficient (Wildman–Crippen LogP) is 1.95. The third-order valence-corrected chi connectivity index (χ3v) is 3.88. The fourth-order valence-corrected chi connectivity index (χ4v) is 2.63. The molecule has 0 atom stereocenters. The third-order valence-electron chi connectivity index (χ3n) is 2.98. The van der Waals surface area contributed by atoms with E-state index in [9.17, 15) is 22.6 Å². The smallest absolute Gasteiger partial charge is 0.308 e. The maximum atomic E-state index is 11.9. The minimum atomic E-state index is -4.66. The molecule has 0 aromatic heterocycles. The van der Waals surface area contributed by atoms with Crippen LogP contribution >= 0.6 is 0 Å². The van der Waals surface area contributed by atoms with E-state index in [-0.39, 0.29) is 11.3 Å². The summed E-state index contributed by atoms with van der Waals surface area (Å²) >= 11 is 0. The summed E-state index contributed by atoms with van der Waals surface area (Å²) in [6, 6.07) is 11.5. The molecule has 3 amide bonds. The minimum Gasteiger partial charge on any atom is -0.308 e. The number of hydrogen-bond donors (Lipinski definition) is 3. The zero-order valence-corrected chi connectivity index (χ0v) is 13.4. The van der Waals surface area contributed by atoms with Gasteiger partial charge in [-0.1, -0.05) is 18.2 Å². The fourth-order valence-electron chi connectivity index (χ4n) is 1.93. The van der Waals surface area contributed by atoms with Crippen LogP contribution in [0, 0.1) is 0 Å². The average Bonchev–Trinajstić information content (AvgIpc) is 2.54. The van der Waals surface area contributed by atoms with Crippen LogP contribution < -0.4 is 16.0 Å². The Balaban J connectivity index is 2.25. The molecule has 0 bridgehead atoms. The number of carbonyl (C=O) groups is 2. The summed E-state index contributed by atoms with van der Waals surface area (Å²) in [5, 5.41) is 8.33. The van der Waals surface area contributed by atoms with E-state index in [1.807, 2.05) is 0 Å². The van der Waals surface area contributed by atoms with Crippen molar-refractivity contribution in [2.24, 2.45) is 0 Å². The minimum absolute atomic E-state index is 0.0868. The molecular weight excluding hydrogens is 334 g/mol. The Labute approximate surface area is 138 Å². The first kappa shape index (κ1) is 17.4. The van der Waals surface area contributed by atoms with E-state index in [2.05, 4.69) is 16.0 Å². The second-order valence-corrected chi connectivity index (χ2v) is 6.05. The van der Waals surface area contributed by atoms with Gasteiger partial charge in [-0.05, 0) is 30.3 Å². The Morgan fingerprint density at radius 1 is 1.00 bits per heavy atom. The Morgan fingerprint density at radius 3 is 2.21 bits per heavy atom. The molecule has 1 radical (unpaired) electrons. The highest BCUT2D eigenvalue weighted by molar-refractivity contribution is 7.86. The molecule has 0 spiro atoms. The van der Waals surface area contributed by atoms with Crippen LogP contribution in [0.25, 0.3) is 0 Å². The Bertz CT molecular complexity index is 866. The molecule has 0 aliphatic heterocycles. The van der Waals surface area contributed by atoms with E-state index in [4.69, 9.17) is 0 Å². The molecule has 2 aromatic carbocycles. The number of nitrogens with zero attached hydrogens (tertiary/aromatic N) is 1. The largest absolute Gasteiger partial charge is 0.323 e. The number of carbonyl (C=O) groups excluding carboxylic acids is 2. The number of benzene rings is 2. The summed E-state index contributed by atoms with van der Waals surface area (Å²) in [7, 11) is -3.45. The van der Waals surface area contributed by atoms with Gasteiger partial charge in [0.1, 0.15) is 4.90 Å². The van der Waals surface area contributed by atoms with E-state index < -0.39 is 27.0 Å². The zero-order chi connectivity index (χ0) is 17.7. The summed E-state index contributed by atoms with van der Waals surface area (Å²) in [4.78, 5) is 22.9. The molecule has 8 nitrogen and oxygen atoms in total. The lowest BCUT2D eigenvalue weighted by Gasteiger charge is -2.10. The van der Waals surface area contributed by atoms with Crippen LogP contribution in [0.2, 0.25) is 0 Å². The normalized spacial score (nSPS) is 10.8. The van der Waals surface area contributed by atoms with Crippen molar-refractivity contribution in [2.45, 2.75) is 4.90 Å². The van der Waals surface area contributed by atoms with Crippen molar-refractivity contribution in [3.05, 3.63) is 54.1 Å². The summed E-state index contributed by atoms with van der Waals surface area (Å²) in [6.45, 7) is 0. The molecule has 24 heavy (non-hydrogen) atoms. The van der Waals surface area contributed by atoms with Gasteiger partial charge in [0.2, 0.25) is 0 Å². The van der Waals surface area contributed by atoms with Gasteiger partial charge in [0.15, 0.2) is 0 Å². The number of para-hydroxylation sites is 1. The van der Waals surface area contributed by atoms with Gasteiger partial charge in [0.25, 0.3) is 16.0 Å². The number of nitrogens with one attached hydrogen (secondary N) is 2. The van der Waals surface area contributed by atoms with Crippen LogP contribution in [0.3, 0.4) is 0 Å². The van der Waals surface area contributed by atoms with Crippen LogP contribution in [-0.2, 0) is 10.1 Å². The van der Waals surface area contributed by atoms with Gasteiger partial charge >= 0.3 is 6.03 Å². The molecule has 0 aliphatic rings. The number of rotatable bonds is 4.